The van der Waals surface area contributed by atoms with Crippen LogP contribution in [0.1, 0.15) is 59.6 Å². The summed E-state index contributed by atoms with van der Waals surface area (Å²) in [5.74, 6) is 0.245. The third kappa shape index (κ3) is 4.26. The van der Waals surface area contributed by atoms with Gasteiger partial charge in [0, 0.05) is 11.6 Å². The molecule has 168 valence electrons. The van der Waals surface area contributed by atoms with Crippen LogP contribution in [0.4, 0.5) is 0 Å². The van der Waals surface area contributed by atoms with Crippen molar-refractivity contribution in [3.63, 3.8) is 0 Å². The third-order valence-corrected chi connectivity index (χ3v) is 6.31. The molecule has 0 unspecified atom stereocenters. The summed E-state index contributed by atoms with van der Waals surface area (Å²) < 4.78 is 7.18. The van der Waals surface area contributed by atoms with Gasteiger partial charge >= 0.3 is 0 Å². The minimum atomic E-state index is -0.660. The van der Waals surface area contributed by atoms with Crippen LogP contribution in [0.3, 0.4) is 0 Å². The number of rotatable bonds is 6. The number of aromatic amines is 1. The average Bonchev–Trinajstić information content (AvgIpc) is 3.29. The Balaban J connectivity index is 1.53. The van der Waals surface area contributed by atoms with Gasteiger partial charge in [0.2, 0.25) is 0 Å². The largest absolute Gasteiger partial charge is 0.489 e. The Morgan fingerprint density at radius 2 is 1.79 bits per heavy atom. The highest BCUT2D eigenvalue weighted by molar-refractivity contribution is 5.91. The molecule has 1 aliphatic carbocycles. The second-order valence-corrected chi connectivity index (χ2v) is 8.54. The van der Waals surface area contributed by atoms with Gasteiger partial charge in [0.25, 0.3) is 11.5 Å². The number of H-pyrrole nitrogens is 1. The zero-order valence-electron chi connectivity index (χ0n) is 18.3. The maximum absolute atomic E-state index is 13.5. The molecule has 0 radical (unpaired) electrons. The maximum Gasteiger partial charge on any atom is 0.278 e. The Hall–Kier alpha value is -3.87. The monoisotopic (exact) mass is 442 g/mol. The Bertz CT molecular complexity index is 1330. The number of hydrogen-bond donors (Lipinski definition) is 2. The predicted molar refractivity (Wildman–Crippen MR) is 126 cm³/mol. The van der Waals surface area contributed by atoms with Crippen molar-refractivity contribution in [3.05, 3.63) is 87.8 Å². The van der Waals surface area contributed by atoms with Crippen LogP contribution >= 0.6 is 0 Å². The van der Waals surface area contributed by atoms with E-state index in [9.17, 15) is 9.59 Å². The lowest BCUT2D eigenvalue weighted by molar-refractivity contribution is 0.0995. The van der Waals surface area contributed by atoms with E-state index in [1.807, 2.05) is 54.6 Å². The highest BCUT2D eigenvalue weighted by Crippen LogP contribution is 2.36. The second-order valence-electron chi connectivity index (χ2n) is 8.54. The molecule has 7 heteroatoms. The van der Waals surface area contributed by atoms with E-state index in [-0.39, 0.29) is 17.2 Å². The fourth-order valence-electron chi connectivity index (χ4n) is 4.62. The Morgan fingerprint density at radius 3 is 2.48 bits per heavy atom. The zero-order chi connectivity index (χ0) is 22.8. The zero-order valence-corrected chi connectivity index (χ0v) is 18.3. The molecule has 2 heterocycles. The number of nitrogens with one attached hydrogen (secondary N) is 1. The summed E-state index contributed by atoms with van der Waals surface area (Å²) in [5, 5.41) is 4.15. The molecule has 0 saturated heterocycles. The lowest BCUT2D eigenvalue weighted by Gasteiger charge is -2.23. The molecule has 0 atom stereocenters. The van der Waals surface area contributed by atoms with Crippen molar-refractivity contribution in [1.82, 2.24) is 14.6 Å². The lowest BCUT2D eigenvalue weighted by atomic mass is 9.83. The average molecular weight is 443 g/mol. The summed E-state index contributed by atoms with van der Waals surface area (Å²) in [6.07, 6.45) is 5.31. The predicted octanol–water partition coefficient (Wildman–Crippen LogP) is 4.42. The van der Waals surface area contributed by atoms with Crippen molar-refractivity contribution < 1.29 is 9.53 Å². The van der Waals surface area contributed by atoms with Crippen molar-refractivity contribution in [2.75, 3.05) is 0 Å². The molecular weight excluding hydrogens is 416 g/mol. The molecule has 33 heavy (non-hydrogen) atoms. The summed E-state index contributed by atoms with van der Waals surface area (Å²) in [5.41, 5.74) is 9.21. The van der Waals surface area contributed by atoms with Crippen molar-refractivity contribution in [2.45, 2.75) is 44.6 Å². The van der Waals surface area contributed by atoms with Gasteiger partial charge in [0.05, 0.1) is 5.69 Å². The van der Waals surface area contributed by atoms with Gasteiger partial charge in [-0.15, -0.1) is 0 Å². The van der Waals surface area contributed by atoms with E-state index >= 15 is 0 Å². The van der Waals surface area contributed by atoms with E-state index in [1.54, 1.807) is 0 Å². The molecule has 0 spiro atoms. The standard InChI is InChI=1S/C26H26N4O3/c27-25(31)21-15-22-28-24(23(26(32)30(22)29-21)18-9-5-2-6-10-18)19-11-13-20(14-12-19)33-16-17-7-3-1-4-8-17/h1,3-4,7-8,11-15,18,28H,2,5-6,9-10,16H2,(H2,27,31). The normalized spacial score (nSPS) is 14.4. The molecule has 0 bridgehead atoms. The van der Waals surface area contributed by atoms with Crippen molar-refractivity contribution >= 4 is 11.6 Å². The minimum absolute atomic E-state index is 0.0692. The summed E-state index contributed by atoms with van der Waals surface area (Å²) in [4.78, 5) is 28.5. The van der Waals surface area contributed by atoms with E-state index in [4.69, 9.17) is 10.5 Å². The summed E-state index contributed by atoms with van der Waals surface area (Å²) in [7, 11) is 0. The molecule has 1 aliphatic rings. The van der Waals surface area contributed by atoms with Crippen LogP contribution in [0.2, 0.25) is 0 Å². The quantitative estimate of drug-likeness (QED) is 0.461. The number of carbonyl (C=O) groups is 1. The van der Waals surface area contributed by atoms with E-state index in [0.29, 0.717) is 12.3 Å². The number of amides is 1. The smallest absolute Gasteiger partial charge is 0.278 e. The van der Waals surface area contributed by atoms with Crippen LogP contribution in [0, 0.1) is 0 Å². The maximum atomic E-state index is 13.5. The van der Waals surface area contributed by atoms with Gasteiger partial charge in [0.1, 0.15) is 18.0 Å². The molecule has 2 aromatic heterocycles. The molecule has 1 saturated carbocycles. The first-order valence-electron chi connectivity index (χ1n) is 11.3. The third-order valence-electron chi connectivity index (χ3n) is 6.31. The van der Waals surface area contributed by atoms with Gasteiger partial charge in [-0.25, -0.2) is 0 Å². The van der Waals surface area contributed by atoms with Crippen molar-refractivity contribution in [2.24, 2.45) is 5.73 Å². The number of aromatic nitrogens is 3. The molecule has 0 aliphatic heterocycles. The number of carbonyl (C=O) groups excluding carboxylic acids is 1. The van der Waals surface area contributed by atoms with E-state index in [2.05, 4.69) is 10.1 Å². The van der Waals surface area contributed by atoms with E-state index < -0.39 is 5.91 Å². The number of ether oxygens (including phenoxy) is 1. The fraction of sp³-hybridized carbons (Fsp3) is 0.269. The summed E-state index contributed by atoms with van der Waals surface area (Å²) in [6, 6.07) is 19.3. The number of nitrogens with zero attached hydrogens (tertiary/aromatic N) is 2. The number of fused-ring (bicyclic) bond motifs is 1. The summed E-state index contributed by atoms with van der Waals surface area (Å²) >= 11 is 0. The Morgan fingerprint density at radius 1 is 1.06 bits per heavy atom. The SMILES string of the molecule is NC(=O)c1cc2[nH]c(-c3ccc(OCc4ccccc4)cc3)c(C3CCCCC3)c(=O)n2n1. The highest BCUT2D eigenvalue weighted by Gasteiger charge is 2.25. The van der Waals surface area contributed by atoms with Crippen molar-refractivity contribution in [1.29, 1.82) is 0 Å². The minimum Gasteiger partial charge on any atom is -0.489 e. The molecule has 3 N–H and O–H groups in total. The molecule has 5 rings (SSSR count). The first-order valence-corrected chi connectivity index (χ1v) is 11.3. The first kappa shape index (κ1) is 21.0. The van der Waals surface area contributed by atoms with Gasteiger partial charge in [-0.2, -0.15) is 9.61 Å². The van der Waals surface area contributed by atoms with E-state index in [0.717, 1.165) is 53.8 Å². The fourth-order valence-corrected chi connectivity index (χ4v) is 4.62. The first-order chi connectivity index (χ1) is 16.1. The van der Waals surface area contributed by atoms with Gasteiger partial charge < -0.3 is 15.5 Å². The molecule has 1 fully saturated rings. The number of hydrogen-bond acceptors (Lipinski definition) is 4. The number of primary amides is 1. The summed E-state index contributed by atoms with van der Waals surface area (Å²) in [6.45, 7) is 0.488. The molecular formula is C26H26N4O3. The van der Waals surface area contributed by atoms with Crippen LogP contribution in [-0.4, -0.2) is 20.5 Å². The van der Waals surface area contributed by atoms with Crippen LogP contribution in [0.5, 0.6) is 5.75 Å². The molecule has 4 aromatic rings. The van der Waals surface area contributed by atoms with Crippen molar-refractivity contribution in [3.8, 4) is 17.0 Å². The molecule has 7 nitrogen and oxygen atoms in total. The van der Waals surface area contributed by atoms with Crippen LogP contribution in [-0.2, 0) is 6.61 Å². The van der Waals surface area contributed by atoms with Gasteiger partial charge in [0.15, 0.2) is 5.69 Å². The Kier molecular flexibility index (Phi) is 5.69. The molecule has 1 amide bonds. The van der Waals surface area contributed by atoms with Crippen LogP contribution < -0.4 is 16.0 Å². The van der Waals surface area contributed by atoms with Crippen LogP contribution in [0.15, 0.2) is 65.5 Å². The number of nitrogens with two attached hydrogens (primary N) is 1. The molecule has 2 aromatic carbocycles. The topological polar surface area (TPSA) is 102 Å². The van der Waals surface area contributed by atoms with Gasteiger partial charge in [-0.1, -0.05) is 49.6 Å². The van der Waals surface area contributed by atoms with Gasteiger partial charge in [-0.05, 0) is 54.2 Å². The number of benzene rings is 2. The Labute approximate surface area is 191 Å². The van der Waals surface area contributed by atoms with Gasteiger partial charge in [-0.3, -0.25) is 9.59 Å². The lowest BCUT2D eigenvalue weighted by Crippen LogP contribution is -2.25. The van der Waals surface area contributed by atoms with E-state index in [1.165, 1.54) is 17.0 Å². The van der Waals surface area contributed by atoms with Crippen LogP contribution in [0.25, 0.3) is 16.9 Å². The second kappa shape index (κ2) is 8.94. The highest BCUT2D eigenvalue weighted by atomic mass is 16.5.